The maximum Gasteiger partial charge on any atom is 0.236 e. The van der Waals surface area contributed by atoms with E-state index in [9.17, 15) is 13.2 Å². The second-order valence-corrected chi connectivity index (χ2v) is 8.25. The monoisotopic (exact) mass is 434 g/mol. The normalized spacial score (nSPS) is 11.5. The number of nitrogens with zero attached hydrogens (tertiary/aromatic N) is 1. The Kier molecular flexibility index (Phi) is 8.25. The predicted molar refractivity (Wildman–Crippen MR) is 115 cm³/mol. The fourth-order valence-corrected chi connectivity index (χ4v) is 3.45. The number of carbonyl (C=O) groups excluding carboxylic acids is 1. The summed E-state index contributed by atoms with van der Waals surface area (Å²) < 4.78 is 41.5. The first-order chi connectivity index (χ1) is 14.3. The molecule has 0 radical (unpaired) electrons. The highest BCUT2D eigenvalue weighted by molar-refractivity contribution is 7.92. The molecule has 0 atom stereocenters. The molecule has 2 aromatic rings. The summed E-state index contributed by atoms with van der Waals surface area (Å²) in [5, 5.41) is 3.77. The van der Waals surface area contributed by atoms with Crippen molar-refractivity contribution in [2.75, 3.05) is 34.9 Å². The number of rotatable bonds is 10. The van der Waals surface area contributed by atoms with Crippen LogP contribution in [0.1, 0.15) is 11.1 Å². The van der Waals surface area contributed by atoms with Crippen LogP contribution in [-0.2, 0) is 21.4 Å². The highest BCUT2D eigenvalue weighted by Crippen LogP contribution is 2.38. The lowest BCUT2D eigenvalue weighted by Crippen LogP contribution is -2.37. The fourth-order valence-electron chi connectivity index (χ4n) is 2.62. The third kappa shape index (κ3) is 6.23. The third-order valence-corrected chi connectivity index (χ3v) is 5.72. The largest absolute Gasteiger partial charge is 0.493 e. The van der Waals surface area contributed by atoms with Crippen LogP contribution < -0.4 is 19.5 Å². The minimum atomic E-state index is -3.73. The van der Waals surface area contributed by atoms with Gasteiger partial charge in [0.15, 0.2) is 11.5 Å². The number of benzene rings is 2. The quantitative estimate of drug-likeness (QED) is 0.617. The second-order valence-electron chi connectivity index (χ2n) is 6.32. The number of methoxy groups -OCH3 is 3. The minimum Gasteiger partial charge on any atom is -0.493 e. The highest BCUT2D eigenvalue weighted by atomic mass is 32.2. The number of ether oxygens (including phenoxy) is 3. The second kappa shape index (κ2) is 10.7. The molecule has 162 valence electrons. The van der Waals surface area contributed by atoms with Gasteiger partial charge in [-0.05, 0) is 29.3 Å². The number of likely N-dealkylation sites (N-methyl/N-ethyl adjacent to an activating group) is 1. The van der Waals surface area contributed by atoms with Gasteiger partial charge in [-0.3, -0.25) is 4.79 Å². The number of sulfonamides is 1. The molecule has 0 aliphatic heterocycles. The Morgan fingerprint density at radius 2 is 1.63 bits per heavy atom. The van der Waals surface area contributed by atoms with Crippen molar-refractivity contribution >= 4 is 22.0 Å². The van der Waals surface area contributed by atoms with E-state index in [2.05, 4.69) is 5.32 Å². The molecule has 30 heavy (non-hydrogen) atoms. The molecule has 2 aromatic carbocycles. The molecular weight excluding hydrogens is 408 g/mol. The topological polar surface area (TPSA) is 94.2 Å². The lowest BCUT2D eigenvalue weighted by molar-refractivity contribution is -0.121. The van der Waals surface area contributed by atoms with E-state index >= 15 is 0 Å². The smallest absolute Gasteiger partial charge is 0.236 e. The van der Waals surface area contributed by atoms with E-state index in [0.29, 0.717) is 22.8 Å². The maximum absolute atomic E-state index is 12.4. The minimum absolute atomic E-state index is 0.170. The van der Waals surface area contributed by atoms with Crippen molar-refractivity contribution in [2.45, 2.75) is 6.54 Å². The highest BCUT2D eigenvalue weighted by Gasteiger charge is 2.18. The van der Waals surface area contributed by atoms with Crippen LogP contribution in [0.25, 0.3) is 6.08 Å². The van der Waals surface area contributed by atoms with Crippen molar-refractivity contribution in [2.24, 2.45) is 0 Å². The molecule has 0 saturated carbocycles. The van der Waals surface area contributed by atoms with E-state index in [1.807, 2.05) is 18.2 Å². The number of carbonyl (C=O) groups is 1. The molecule has 0 aliphatic carbocycles. The molecule has 0 aromatic heterocycles. The Morgan fingerprint density at radius 1 is 1.03 bits per heavy atom. The summed E-state index contributed by atoms with van der Waals surface area (Å²) in [6.07, 6.45) is 1.49. The van der Waals surface area contributed by atoms with Crippen LogP contribution in [0, 0.1) is 0 Å². The van der Waals surface area contributed by atoms with Crippen LogP contribution in [0.2, 0.25) is 0 Å². The number of hydrogen-bond acceptors (Lipinski definition) is 6. The number of hydrogen-bond donors (Lipinski definition) is 1. The van der Waals surface area contributed by atoms with Crippen LogP contribution in [0.15, 0.2) is 47.9 Å². The Labute approximate surface area is 177 Å². The van der Waals surface area contributed by atoms with Crippen molar-refractivity contribution < 1.29 is 27.4 Å². The van der Waals surface area contributed by atoms with Crippen molar-refractivity contribution in [3.8, 4) is 17.2 Å². The molecule has 1 amide bonds. The molecule has 0 heterocycles. The van der Waals surface area contributed by atoms with E-state index in [0.717, 1.165) is 15.3 Å². The van der Waals surface area contributed by atoms with Crippen LogP contribution in [0.5, 0.6) is 17.2 Å². The maximum atomic E-state index is 12.4. The summed E-state index contributed by atoms with van der Waals surface area (Å²) in [6.45, 7) is -0.144. The SMILES string of the molecule is COc1cc(CNC(=O)CN(C)S(=O)(=O)/C=C/c2ccccc2)cc(OC)c1OC. The van der Waals surface area contributed by atoms with Crippen LogP contribution in [0.4, 0.5) is 0 Å². The van der Waals surface area contributed by atoms with Crippen molar-refractivity contribution in [3.05, 3.63) is 59.0 Å². The molecule has 8 nitrogen and oxygen atoms in total. The first-order valence-corrected chi connectivity index (χ1v) is 10.6. The van der Waals surface area contributed by atoms with Gasteiger partial charge >= 0.3 is 0 Å². The van der Waals surface area contributed by atoms with Gasteiger partial charge in [-0.1, -0.05) is 30.3 Å². The Balaban J connectivity index is 1.99. The number of nitrogens with one attached hydrogen (secondary N) is 1. The van der Waals surface area contributed by atoms with Gasteiger partial charge in [0.05, 0.1) is 27.9 Å². The molecule has 1 N–H and O–H groups in total. The van der Waals surface area contributed by atoms with E-state index in [1.165, 1.54) is 34.5 Å². The zero-order valence-electron chi connectivity index (χ0n) is 17.4. The van der Waals surface area contributed by atoms with Crippen molar-refractivity contribution in [1.82, 2.24) is 9.62 Å². The summed E-state index contributed by atoms with van der Waals surface area (Å²) in [5.41, 5.74) is 1.47. The Hall–Kier alpha value is -3.04. The van der Waals surface area contributed by atoms with Crippen molar-refractivity contribution in [3.63, 3.8) is 0 Å². The summed E-state index contributed by atoms with van der Waals surface area (Å²) in [7, 11) is 2.13. The average Bonchev–Trinajstić information content (AvgIpc) is 2.76. The third-order valence-electron chi connectivity index (χ3n) is 4.25. The summed E-state index contributed by atoms with van der Waals surface area (Å²) in [5.74, 6) is 0.938. The summed E-state index contributed by atoms with van der Waals surface area (Å²) in [4.78, 5) is 12.3. The van der Waals surface area contributed by atoms with Gasteiger partial charge < -0.3 is 19.5 Å². The molecule has 2 rings (SSSR count). The molecular formula is C21H26N2O6S. The van der Waals surface area contributed by atoms with E-state index in [-0.39, 0.29) is 13.1 Å². The molecule has 9 heteroatoms. The summed E-state index contributed by atoms with van der Waals surface area (Å²) >= 11 is 0. The summed E-state index contributed by atoms with van der Waals surface area (Å²) in [6, 6.07) is 12.5. The van der Waals surface area contributed by atoms with E-state index in [1.54, 1.807) is 24.3 Å². The molecule has 0 saturated heterocycles. The van der Waals surface area contributed by atoms with Crippen LogP contribution in [0.3, 0.4) is 0 Å². The molecule has 0 unspecified atom stereocenters. The Bertz CT molecular complexity index is 965. The van der Waals surface area contributed by atoms with E-state index in [4.69, 9.17) is 14.2 Å². The standard InChI is InChI=1S/C21H26N2O6S/c1-23(30(25,26)11-10-16-8-6-5-7-9-16)15-20(24)22-14-17-12-18(27-2)21(29-4)19(13-17)28-3/h5-13H,14-15H2,1-4H3,(H,22,24)/b11-10+. The molecule has 0 spiro atoms. The fraction of sp³-hybridized carbons (Fsp3) is 0.286. The van der Waals surface area contributed by atoms with Gasteiger partial charge in [0, 0.05) is 19.0 Å². The van der Waals surface area contributed by atoms with Gasteiger partial charge in [-0.15, -0.1) is 0 Å². The zero-order valence-corrected chi connectivity index (χ0v) is 18.2. The van der Waals surface area contributed by atoms with Gasteiger partial charge in [0.1, 0.15) is 0 Å². The first-order valence-electron chi connectivity index (χ1n) is 9.05. The van der Waals surface area contributed by atoms with Gasteiger partial charge in [-0.2, -0.15) is 4.31 Å². The van der Waals surface area contributed by atoms with Crippen molar-refractivity contribution in [1.29, 1.82) is 0 Å². The van der Waals surface area contributed by atoms with Gasteiger partial charge in [-0.25, -0.2) is 8.42 Å². The first kappa shape index (κ1) is 23.2. The lowest BCUT2D eigenvalue weighted by Gasteiger charge is -2.16. The zero-order chi connectivity index (χ0) is 22.1. The molecule has 0 aliphatic rings. The van der Waals surface area contributed by atoms with Crippen LogP contribution >= 0.6 is 0 Å². The predicted octanol–water partition coefficient (Wildman–Crippen LogP) is 2.26. The van der Waals surface area contributed by atoms with E-state index < -0.39 is 15.9 Å². The Morgan fingerprint density at radius 3 is 2.17 bits per heavy atom. The van der Waals surface area contributed by atoms with Gasteiger partial charge in [0.25, 0.3) is 0 Å². The number of amides is 1. The molecule has 0 bridgehead atoms. The molecule has 0 fully saturated rings. The van der Waals surface area contributed by atoms with Crippen LogP contribution in [-0.4, -0.2) is 53.6 Å². The average molecular weight is 435 g/mol. The van der Waals surface area contributed by atoms with Gasteiger partial charge in [0.2, 0.25) is 21.7 Å². The lowest BCUT2D eigenvalue weighted by atomic mass is 10.1.